The molecule has 1 aliphatic rings. The van der Waals surface area contributed by atoms with Crippen LogP contribution in [-0.2, 0) is 4.79 Å². The molecule has 2 N–H and O–H groups in total. The summed E-state index contributed by atoms with van der Waals surface area (Å²) < 4.78 is 0. The smallest absolute Gasteiger partial charge is 0.211 e. The van der Waals surface area contributed by atoms with Gasteiger partial charge in [0, 0.05) is 0 Å². The van der Waals surface area contributed by atoms with Crippen LogP contribution in [0.25, 0.3) is 0 Å². The van der Waals surface area contributed by atoms with Gasteiger partial charge in [-0.05, 0) is 36.3 Å². The molecule has 1 aliphatic heterocycles. The minimum atomic E-state index is -0.133. The van der Waals surface area contributed by atoms with Gasteiger partial charge in [0.15, 0.2) is 0 Å². The molecule has 0 bridgehead atoms. The Bertz CT molecular complexity index is 399. The second kappa shape index (κ2) is 5.53. The first-order valence-electron chi connectivity index (χ1n) is 6.71. The summed E-state index contributed by atoms with van der Waals surface area (Å²) in [5.41, 5.74) is 8.52. The van der Waals surface area contributed by atoms with Gasteiger partial charge in [-0.15, -0.1) is 0 Å². The summed E-state index contributed by atoms with van der Waals surface area (Å²) in [5, 5.41) is 0. The summed E-state index contributed by atoms with van der Waals surface area (Å²) in [6.45, 7) is 4.37. The third kappa shape index (κ3) is 2.56. The van der Waals surface area contributed by atoms with Crippen LogP contribution in [0.1, 0.15) is 56.2 Å². The zero-order valence-electron chi connectivity index (χ0n) is 11.2. The van der Waals surface area contributed by atoms with Gasteiger partial charge in [0.2, 0.25) is 6.41 Å². The number of likely N-dealkylation sites (tertiary alicyclic amines) is 1. The highest BCUT2D eigenvalue weighted by molar-refractivity contribution is 5.50. The molecule has 3 nitrogen and oxygen atoms in total. The highest BCUT2D eigenvalue weighted by Gasteiger charge is 2.27. The number of hydrogen-bond acceptors (Lipinski definition) is 2. The fraction of sp³-hybridized carbons (Fsp3) is 0.533. The lowest BCUT2D eigenvalue weighted by atomic mass is 9.92. The summed E-state index contributed by atoms with van der Waals surface area (Å²) in [4.78, 5) is 12.9. The van der Waals surface area contributed by atoms with Crippen LogP contribution in [0, 0.1) is 0 Å². The molecule has 98 valence electrons. The zero-order valence-corrected chi connectivity index (χ0v) is 11.2. The van der Waals surface area contributed by atoms with Gasteiger partial charge in [-0.1, -0.05) is 38.1 Å². The Kier molecular flexibility index (Phi) is 4.02. The van der Waals surface area contributed by atoms with Gasteiger partial charge in [-0.25, -0.2) is 0 Å². The highest BCUT2D eigenvalue weighted by atomic mass is 16.1. The number of carbonyl (C=O) groups is 1. The summed E-state index contributed by atoms with van der Waals surface area (Å²) in [7, 11) is 0. The maximum Gasteiger partial charge on any atom is 0.211 e. The quantitative estimate of drug-likeness (QED) is 0.834. The molecule has 1 heterocycles. The van der Waals surface area contributed by atoms with Crippen LogP contribution in [0.3, 0.4) is 0 Å². The maximum atomic E-state index is 11.2. The molecule has 1 amide bonds. The third-order valence-corrected chi connectivity index (χ3v) is 3.83. The van der Waals surface area contributed by atoms with Crippen molar-refractivity contribution in [3.63, 3.8) is 0 Å². The number of piperidine rings is 1. The van der Waals surface area contributed by atoms with E-state index < -0.39 is 0 Å². The van der Waals surface area contributed by atoms with Gasteiger partial charge in [0.1, 0.15) is 0 Å². The van der Waals surface area contributed by atoms with E-state index in [9.17, 15) is 4.79 Å². The topological polar surface area (TPSA) is 46.3 Å². The van der Waals surface area contributed by atoms with Crippen molar-refractivity contribution in [1.29, 1.82) is 0 Å². The van der Waals surface area contributed by atoms with Gasteiger partial charge in [-0.2, -0.15) is 0 Å². The van der Waals surface area contributed by atoms with Crippen molar-refractivity contribution in [3.05, 3.63) is 35.4 Å². The van der Waals surface area contributed by atoms with Crippen LogP contribution in [-0.4, -0.2) is 17.5 Å². The highest BCUT2D eigenvalue weighted by Crippen LogP contribution is 2.32. The Morgan fingerprint density at radius 2 is 1.94 bits per heavy atom. The van der Waals surface area contributed by atoms with E-state index in [4.69, 9.17) is 5.73 Å². The van der Waals surface area contributed by atoms with Crippen LogP contribution in [0.2, 0.25) is 0 Å². The molecule has 0 radical (unpaired) electrons. The average Bonchev–Trinajstić information content (AvgIpc) is 2.38. The minimum Gasteiger partial charge on any atom is -0.323 e. The van der Waals surface area contributed by atoms with Gasteiger partial charge < -0.3 is 10.6 Å². The molecular weight excluding hydrogens is 224 g/mol. The molecule has 0 saturated carbocycles. The monoisotopic (exact) mass is 246 g/mol. The van der Waals surface area contributed by atoms with E-state index >= 15 is 0 Å². The number of amides is 1. The Hall–Kier alpha value is -1.35. The fourth-order valence-corrected chi connectivity index (χ4v) is 2.64. The Morgan fingerprint density at radius 3 is 2.50 bits per heavy atom. The lowest BCUT2D eigenvalue weighted by Gasteiger charge is -2.38. The van der Waals surface area contributed by atoms with Crippen molar-refractivity contribution < 1.29 is 4.79 Å². The van der Waals surface area contributed by atoms with E-state index in [0.717, 1.165) is 25.7 Å². The van der Waals surface area contributed by atoms with Crippen molar-refractivity contribution in [2.24, 2.45) is 5.73 Å². The van der Waals surface area contributed by atoms with E-state index in [1.165, 1.54) is 11.1 Å². The van der Waals surface area contributed by atoms with Crippen LogP contribution in [0.4, 0.5) is 0 Å². The molecule has 2 atom stereocenters. The Balaban J connectivity index is 2.21. The first-order valence-corrected chi connectivity index (χ1v) is 6.71. The van der Waals surface area contributed by atoms with Crippen molar-refractivity contribution in [2.75, 3.05) is 0 Å². The van der Waals surface area contributed by atoms with Gasteiger partial charge in [0.25, 0.3) is 0 Å². The van der Waals surface area contributed by atoms with E-state index in [-0.39, 0.29) is 12.2 Å². The average molecular weight is 246 g/mol. The number of benzene rings is 1. The number of nitrogens with two attached hydrogens (primary N) is 1. The second-order valence-electron chi connectivity index (χ2n) is 5.39. The van der Waals surface area contributed by atoms with Gasteiger partial charge >= 0.3 is 0 Å². The van der Waals surface area contributed by atoms with Crippen molar-refractivity contribution in [1.82, 2.24) is 4.90 Å². The number of rotatable bonds is 3. The first-order chi connectivity index (χ1) is 8.63. The number of carbonyl (C=O) groups excluding carboxylic acids is 1. The lowest BCUT2D eigenvalue weighted by Crippen LogP contribution is -2.46. The second-order valence-corrected chi connectivity index (χ2v) is 5.39. The van der Waals surface area contributed by atoms with Crippen LogP contribution in [0.5, 0.6) is 0 Å². The van der Waals surface area contributed by atoms with Gasteiger partial charge in [0.05, 0.1) is 12.2 Å². The van der Waals surface area contributed by atoms with E-state index in [2.05, 4.69) is 38.1 Å². The molecule has 1 aromatic carbocycles. The standard InChI is InChI=1S/C15H22N2O/c1-11(2)12-6-8-13(9-7-12)14-4-3-5-15(16)17(14)10-18/h6-11,14-15H,3-5,16H2,1-2H3. The first kappa shape index (κ1) is 13.1. The summed E-state index contributed by atoms with van der Waals surface area (Å²) >= 11 is 0. The third-order valence-electron chi connectivity index (χ3n) is 3.83. The molecule has 3 heteroatoms. The van der Waals surface area contributed by atoms with Crippen LogP contribution in [0.15, 0.2) is 24.3 Å². The largest absolute Gasteiger partial charge is 0.323 e. The number of nitrogens with zero attached hydrogens (tertiary/aromatic N) is 1. The van der Waals surface area contributed by atoms with Crippen LogP contribution < -0.4 is 5.73 Å². The molecule has 0 aliphatic carbocycles. The molecule has 2 unspecified atom stereocenters. The molecule has 1 saturated heterocycles. The van der Waals surface area contributed by atoms with Crippen molar-refractivity contribution >= 4 is 6.41 Å². The molecule has 1 fully saturated rings. The molecular formula is C15H22N2O. The normalized spacial score (nSPS) is 24.3. The van der Waals surface area contributed by atoms with Crippen molar-refractivity contribution in [2.45, 2.75) is 51.2 Å². The summed E-state index contributed by atoms with van der Waals surface area (Å²) in [5.74, 6) is 0.537. The molecule has 1 aromatic rings. The number of hydrogen-bond donors (Lipinski definition) is 1. The molecule has 0 spiro atoms. The van der Waals surface area contributed by atoms with E-state index in [1.54, 1.807) is 4.90 Å². The zero-order chi connectivity index (χ0) is 13.1. The SMILES string of the molecule is CC(C)c1ccc(C2CCCC(N)N2C=O)cc1. The molecule has 2 rings (SSSR count). The van der Waals surface area contributed by atoms with E-state index in [1.807, 2.05) is 0 Å². The molecule has 18 heavy (non-hydrogen) atoms. The minimum absolute atomic E-state index is 0.133. The summed E-state index contributed by atoms with van der Waals surface area (Å²) in [6, 6.07) is 8.72. The van der Waals surface area contributed by atoms with Crippen molar-refractivity contribution in [3.8, 4) is 0 Å². The predicted molar refractivity (Wildman–Crippen MR) is 73.0 cm³/mol. The maximum absolute atomic E-state index is 11.2. The molecule has 0 aromatic heterocycles. The predicted octanol–water partition coefficient (Wildman–Crippen LogP) is 2.78. The van der Waals surface area contributed by atoms with E-state index in [0.29, 0.717) is 5.92 Å². The lowest BCUT2D eigenvalue weighted by molar-refractivity contribution is -0.124. The summed E-state index contributed by atoms with van der Waals surface area (Å²) in [6.07, 6.45) is 3.76. The van der Waals surface area contributed by atoms with Gasteiger partial charge in [-0.3, -0.25) is 4.79 Å². The van der Waals surface area contributed by atoms with Crippen LogP contribution >= 0.6 is 0 Å². The Labute approximate surface area is 109 Å². The Morgan fingerprint density at radius 1 is 1.28 bits per heavy atom. The fourth-order valence-electron chi connectivity index (χ4n) is 2.64.